The predicted molar refractivity (Wildman–Crippen MR) is 93.5 cm³/mol. The van der Waals surface area contributed by atoms with E-state index in [2.05, 4.69) is 22.0 Å². The second-order valence-corrected chi connectivity index (χ2v) is 7.29. The molecule has 4 aliphatic heterocycles. The number of nitrogens with one attached hydrogen (secondary N) is 1. The second-order valence-electron chi connectivity index (χ2n) is 7.29. The first-order chi connectivity index (χ1) is 12.0. The van der Waals surface area contributed by atoms with Crippen LogP contribution in [-0.4, -0.2) is 82.9 Å². The summed E-state index contributed by atoms with van der Waals surface area (Å²) >= 11 is 0. The Morgan fingerprint density at radius 1 is 1.08 bits per heavy atom. The van der Waals surface area contributed by atoms with Crippen LogP contribution in [0.15, 0.2) is 16.4 Å². The van der Waals surface area contributed by atoms with Gasteiger partial charge in [-0.05, 0) is 39.8 Å². The maximum atomic E-state index is 12.4. The summed E-state index contributed by atoms with van der Waals surface area (Å²) in [6.45, 7) is 8.28. The number of fused-ring (bicyclic) bond motifs is 3. The van der Waals surface area contributed by atoms with Gasteiger partial charge in [0.25, 0.3) is 5.91 Å². The van der Waals surface area contributed by atoms with E-state index in [4.69, 9.17) is 4.99 Å². The number of likely N-dealkylation sites (tertiary alicyclic amines) is 1. The number of nitrogens with zero attached hydrogens (tertiary/aromatic N) is 5. The summed E-state index contributed by atoms with van der Waals surface area (Å²) in [5, 5.41) is 2.43. The van der Waals surface area contributed by atoms with Crippen molar-refractivity contribution in [3.05, 3.63) is 11.4 Å². The van der Waals surface area contributed by atoms with Gasteiger partial charge in [0.2, 0.25) is 5.96 Å². The van der Waals surface area contributed by atoms with Gasteiger partial charge in [-0.3, -0.25) is 15.0 Å². The number of aliphatic imine (C=N–C) groups is 1. The van der Waals surface area contributed by atoms with Gasteiger partial charge in [0, 0.05) is 31.5 Å². The van der Waals surface area contributed by atoms with E-state index in [1.165, 1.54) is 24.2 Å². The fourth-order valence-corrected chi connectivity index (χ4v) is 4.22. The number of likely N-dealkylation sites (N-methyl/N-ethyl adjacent to an activating group) is 1. The number of guanidine groups is 1. The van der Waals surface area contributed by atoms with Crippen LogP contribution in [0.1, 0.15) is 33.1 Å². The quantitative estimate of drug-likeness (QED) is 0.810. The minimum Gasteiger partial charge on any atom is -0.313 e. The molecule has 4 rings (SSSR count). The molecular formula is C17H26N6O2. The lowest BCUT2D eigenvalue weighted by Gasteiger charge is -2.35. The summed E-state index contributed by atoms with van der Waals surface area (Å²) < 4.78 is 0. The zero-order chi connectivity index (χ0) is 17.7. The van der Waals surface area contributed by atoms with Crippen molar-refractivity contribution in [2.75, 3.05) is 33.2 Å². The van der Waals surface area contributed by atoms with Gasteiger partial charge in [0.05, 0.1) is 0 Å². The smallest absolute Gasteiger partial charge is 0.313 e. The van der Waals surface area contributed by atoms with Crippen LogP contribution in [0.5, 0.6) is 0 Å². The molecule has 0 aromatic carbocycles. The van der Waals surface area contributed by atoms with E-state index in [-0.39, 0.29) is 11.9 Å². The molecule has 2 atom stereocenters. The average molecular weight is 346 g/mol. The van der Waals surface area contributed by atoms with E-state index >= 15 is 0 Å². The lowest BCUT2D eigenvalue weighted by Crippen LogP contribution is -2.63. The number of hydrogen-bond donors (Lipinski definition) is 1. The van der Waals surface area contributed by atoms with Crippen LogP contribution in [0.2, 0.25) is 0 Å². The minimum absolute atomic E-state index is 0.267. The van der Waals surface area contributed by atoms with Crippen LogP contribution in [0, 0.1) is 0 Å². The molecule has 0 aliphatic carbocycles. The third kappa shape index (κ3) is 2.50. The first kappa shape index (κ1) is 16.4. The van der Waals surface area contributed by atoms with Crippen LogP contribution >= 0.6 is 0 Å². The SMILES string of the molecule is CC1=C(C)N2C(=NC3C2C(=O)NC(=O)N3C)N1CCN1CCCCC1. The van der Waals surface area contributed by atoms with Gasteiger partial charge >= 0.3 is 6.03 Å². The van der Waals surface area contributed by atoms with Crippen molar-refractivity contribution in [1.29, 1.82) is 0 Å². The molecular weight excluding hydrogens is 320 g/mol. The van der Waals surface area contributed by atoms with Crippen molar-refractivity contribution >= 4 is 17.9 Å². The van der Waals surface area contributed by atoms with Gasteiger partial charge in [-0.2, -0.15) is 0 Å². The zero-order valence-electron chi connectivity index (χ0n) is 15.2. The summed E-state index contributed by atoms with van der Waals surface area (Å²) in [7, 11) is 1.69. The van der Waals surface area contributed by atoms with E-state index in [0.717, 1.165) is 43.5 Å². The summed E-state index contributed by atoms with van der Waals surface area (Å²) in [4.78, 5) is 37.3. The van der Waals surface area contributed by atoms with Gasteiger partial charge in [-0.25, -0.2) is 9.79 Å². The molecule has 2 unspecified atom stereocenters. The van der Waals surface area contributed by atoms with Crippen molar-refractivity contribution in [3.8, 4) is 0 Å². The molecule has 0 bridgehead atoms. The van der Waals surface area contributed by atoms with E-state index < -0.39 is 12.2 Å². The maximum Gasteiger partial charge on any atom is 0.325 e. The Kier molecular flexibility index (Phi) is 3.94. The number of piperidine rings is 1. The Morgan fingerprint density at radius 2 is 1.80 bits per heavy atom. The summed E-state index contributed by atoms with van der Waals surface area (Å²) in [6, 6.07) is -0.845. The number of urea groups is 1. The predicted octanol–water partition coefficient (Wildman–Crippen LogP) is 0.587. The molecule has 2 fully saturated rings. The van der Waals surface area contributed by atoms with Crippen LogP contribution < -0.4 is 5.32 Å². The van der Waals surface area contributed by atoms with Crippen LogP contribution in [0.3, 0.4) is 0 Å². The highest BCUT2D eigenvalue weighted by Gasteiger charge is 2.52. The van der Waals surface area contributed by atoms with E-state index in [0.29, 0.717) is 0 Å². The van der Waals surface area contributed by atoms with Gasteiger partial charge < -0.3 is 14.7 Å². The fourth-order valence-electron chi connectivity index (χ4n) is 4.22. The van der Waals surface area contributed by atoms with Gasteiger partial charge in [-0.15, -0.1) is 0 Å². The minimum atomic E-state index is -0.465. The second kappa shape index (κ2) is 6.01. The lowest BCUT2D eigenvalue weighted by molar-refractivity contribution is -0.126. The number of carbonyl (C=O) groups excluding carboxylic acids is 2. The van der Waals surface area contributed by atoms with Crippen molar-refractivity contribution < 1.29 is 9.59 Å². The molecule has 25 heavy (non-hydrogen) atoms. The monoisotopic (exact) mass is 346 g/mol. The molecule has 1 N–H and O–H groups in total. The van der Waals surface area contributed by atoms with Crippen molar-refractivity contribution in [1.82, 2.24) is 24.9 Å². The van der Waals surface area contributed by atoms with Gasteiger partial charge in [0.15, 0.2) is 12.2 Å². The molecule has 4 heterocycles. The number of amides is 3. The Balaban J connectivity index is 1.55. The highest BCUT2D eigenvalue weighted by Crippen LogP contribution is 2.35. The van der Waals surface area contributed by atoms with Crippen molar-refractivity contribution in [3.63, 3.8) is 0 Å². The number of imide groups is 1. The number of rotatable bonds is 3. The molecule has 0 aromatic rings. The van der Waals surface area contributed by atoms with Gasteiger partial charge in [-0.1, -0.05) is 6.42 Å². The third-order valence-corrected chi connectivity index (χ3v) is 5.86. The molecule has 0 spiro atoms. The Morgan fingerprint density at radius 3 is 2.52 bits per heavy atom. The lowest BCUT2D eigenvalue weighted by atomic mass is 10.1. The largest absolute Gasteiger partial charge is 0.325 e. The summed E-state index contributed by atoms with van der Waals surface area (Å²) in [5.74, 6) is 0.538. The average Bonchev–Trinajstić information content (AvgIpc) is 3.10. The summed E-state index contributed by atoms with van der Waals surface area (Å²) in [5.41, 5.74) is 2.18. The topological polar surface area (TPSA) is 71.5 Å². The molecule has 0 saturated carbocycles. The Hall–Kier alpha value is -2.09. The number of hydrogen-bond acceptors (Lipinski definition) is 6. The molecule has 2 saturated heterocycles. The van der Waals surface area contributed by atoms with Gasteiger partial charge in [0.1, 0.15) is 0 Å². The Bertz CT molecular complexity index is 666. The van der Waals surface area contributed by atoms with Crippen molar-refractivity contribution in [2.24, 2.45) is 4.99 Å². The van der Waals surface area contributed by atoms with Crippen LogP contribution in [0.4, 0.5) is 4.79 Å². The van der Waals surface area contributed by atoms with Crippen molar-refractivity contribution in [2.45, 2.75) is 45.3 Å². The first-order valence-corrected chi connectivity index (χ1v) is 9.11. The van der Waals surface area contributed by atoms with Crippen LogP contribution in [-0.2, 0) is 4.79 Å². The maximum absolute atomic E-state index is 12.4. The highest BCUT2D eigenvalue weighted by atomic mass is 16.2. The Labute approximate surface area is 148 Å². The normalized spacial score (nSPS) is 29.9. The van der Waals surface area contributed by atoms with Crippen LogP contribution in [0.25, 0.3) is 0 Å². The third-order valence-electron chi connectivity index (χ3n) is 5.86. The molecule has 3 amide bonds. The highest BCUT2D eigenvalue weighted by molar-refractivity contribution is 6.05. The molecule has 136 valence electrons. The molecule has 8 nitrogen and oxygen atoms in total. The number of carbonyl (C=O) groups is 2. The van der Waals surface area contributed by atoms with E-state index in [1.54, 1.807) is 7.05 Å². The molecule has 0 aromatic heterocycles. The molecule has 8 heteroatoms. The zero-order valence-corrected chi connectivity index (χ0v) is 15.2. The number of allylic oxidation sites excluding steroid dienone is 2. The summed E-state index contributed by atoms with van der Waals surface area (Å²) in [6.07, 6.45) is 3.44. The van der Waals surface area contributed by atoms with E-state index in [1.807, 2.05) is 11.8 Å². The van der Waals surface area contributed by atoms with E-state index in [9.17, 15) is 9.59 Å². The molecule has 4 aliphatic rings. The first-order valence-electron chi connectivity index (χ1n) is 9.11. The fraction of sp³-hybridized carbons (Fsp3) is 0.706. The molecule has 0 radical (unpaired) electrons. The standard InChI is InChI=1S/C17H26N6O2/c1-11-12(2)23-13-14(20(3)17(25)19-15(13)24)18-16(23)22(11)10-9-21-7-5-4-6-8-21/h13-14H,4-10H2,1-3H3,(H,19,24,25).